The smallest absolute Gasteiger partial charge is 0.206 e. The molecule has 0 unspecified atom stereocenters. The number of alkyl halides is 31. The predicted octanol–water partition coefficient (Wildman–Crippen LogP) is 10.9. The van der Waals surface area contributed by atoms with Crippen molar-refractivity contribution >= 4 is 0 Å². The molecule has 0 nitrogen and oxygen atoms in total. The van der Waals surface area contributed by atoms with Gasteiger partial charge >= 0.3 is 89.1 Å². The molecule has 0 aromatic carbocycles. The highest BCUT2D eigenvalue weighted by molar-refractivity contribution is 5.22. The van der Waals surface area contributed by atoms with Crippen molar-refractivity contribution in [2.45, 2.75) is 89.1 Å². The predicted molar refractivity (Wildman–Crippen MR) is 85.6 cm³/mol. The summed E-state index contributed by atoms with van der Waals surface area (Å²) in [5.74, 6) is -138. The van der Waals surface area contributed by atoms with E-state index in [0.717, 1.165) is 6.58 Å². The molecule has 0 radical (unpaired) electrons. The first-order valence-electron chi connectivity index (χ1n) is 10.2. The van der Waals surface area contributed by atoms with Gasteiger partial charge < -0.3 is 0 Å². The van der Waals surface area contributed by atoms with Crippen LogP contribution in [-0.2, 0) is 0 Å². The molecule has 0 atom stereocenters. The van der Waals surface area contributed by atoms with Crippen LogP contribution in [0.3, 0.4) is 0 Å². The normalized spacial score (nSPS) is 17.1. The Labute approximate surface area is 243 Å². The highest BCUT2D eigenvalue weighted by atomic mass is 19.4. The summed E-state index contributed by atoms with van der Waals surface area (Å²) >= 11 is 0. The van der Waals surface area contributed by atoms with Crippen molar-refractivity contribution in [1.29, 1.82) is 0 Å². The molecule has 0 aliphatic heterocycles. The van der Waals surface area contributed by atoms with Gasteiger partial charge in [-0.15, -0.1) is 0 Å². The largest absolute Gasteiger partial charge is 0.460 e. The number of allylic oxidation sites excluding steroid dienone is 1. The fraction of sp³-hybridized carbons (Fsp3) is 0.882. The Morgan fingerprint density at radius 1 is 0.224 bits per heavy atom. The van der Waals surface area contributed by atoms with Crippen LogP contribution >= 0.6 is 0 Å². The summed E-state index contributed by atoms with van der Waals surface area (Å²) in [4.78, 5) is 0. The van der Waals surface area contributed by atoms with E-state index in [4.69, 9.17) is 0 Å². The summed E-state index contributed by atoms with van der Waals surface area (Å²) in [6, 6.07) is 0. The molecule has 32 heteroatoms. The Kier molecular flexibility index (Phi) is 10.4. The maximum absolute atomic E-state index is 13.7. The lowest BCUT2D eigenvalue weighted by molar-refractivity contribution is -0.489. The molecule has 294 valence electrons. The maximum atomic E-state index is 13.7. The first-order valence-corrected chi connectivity index (χ1v) is 10.2. The lowest BCUT2D eigenvalue weighted by Gasteiger charge is -2.46. The first-order chi connectivity index (χ1) is 20.4. The summed E-state index contributed by atoms with van der Waals surface area (Å²) < 4.78 is 424. The Morgan fingerprint density at radius 3 is 0.469 bits per heavy atom. The zero-order valence-electron chi connectivity index (χ0n) is 20.8. The third kappa shape index (κ3) is 5.13. The molecule has 0 aliphatic rings. The second-order valence-electron chi connectivity index (χ2n) is 8.94. The molecule has 0 spiro atoms. The van der Waals surface area contributed by atoms with E-state index in [1.54, 1.807) is 0 Å². The first kappa shape index (κ1) is 46.5. The quantitative estimate of drug-likeness (QED) is 0.153. The van der Waals surface area contributed by atoms with Crippen molar-refractivity contribution < 1.29 is 140 Å². The van der Waals surface area contributed by atoms with Gasteiger partial charge in [-0.05, 0) is 0 Å². The molecule has 0 saturated heterocycles. The molecule has 0 amide bonds. The van der Waals surface area contributed by atoms with Gasteiger partial charge in [0.15, 0.2) is 5.83 Å². The van der Waals surface area contributed by atoms with Gasteiger partial charge in [-0.1, -0.05) is 6.58 Å². The number of rotatable bonds is 14. The van der Waals surface area contributed by atoms with E-state index in [2.05, 4.69) is 0 Å². The molecule has 0 bridgehead atoms. The van der Waals surface area contributed by atoms with Crippen molar-refractivity contribution in [3.63, 3.8) is 0 Å². The van der Waals surface area contributed by atoms with Gasteiger partial charge in [-0.3, -0.25) is 0 Å². The Bertz CT molecular complexity index is 1240. The molecule has 0 aromatic heterocycles. The van der Waals surface area contributed by atoms with E-state index in [0.29, 0.717) is 0 Å². The van der Waals surface area contributed by atoms with Crippen LogP contribution in [0.15, 0.2) is 12.4 Å². The Hall–Kier alpha value is -2.50. The lowest BCUT2D eigenvalue weighted by atomic mass is 9.83. The summed E-state index contributed by atoms with van der Waals surface area (Å²) in [5.41, 5.74) is 0. The molecule has 0 aromatic rings. The number of hydrogen-bond acceptors (Lipinski definition) is 0. The summed E-state index contributed by atoms with van der Waals surface area (Å²) in [6.07, 6.45) is -8.36. The fourth-order valence-electron chi connectivity index (χ4n) is 2.71. The molecular weight excluding hydrogens is 812 g/mol. The van der Waals surface area contributed by atoms with E-state index < -0.39 is 94.9 Å². The highest BCUT2D eigenvalue weighted by Gasteiger charge is 3.01. The Morgan fingerprint density at radius 2 is 0.347 bits per heavy atom. The highest BCUT2D eigenvalue weighted by Crippen LogP contribution is 2.69. The standard InChI is InChI=1S/C17H2F32/c1-2(18)3(19,20)4(21,22)5(23,24)6(25,26)7(27,28)8(29,30)9(31,32)10(33,34)11(35,36)12(37,38)13(39,40)14(41,42)15(43,44)16(45,46)17(47,48)49/h1H2. The maximum Gasteiger partial charge on any atom is 0.460 e. The molecule has 0 heterocycles. The van der Waals surface area contributed by atoms with Crippen LogP contribution < -0.4 is 0 Å². The van der Waals surface area contributed by atoms with Crippen molar-refractivity contribution in [2.24, 2.45) is 0 Å². The van der Waals surface area contributed by atoms with Crippen LogP contribution in [0.1, 0.15) is 0 Å². The van der Waals surface area contributed by atoms with Crippen LogP contribution in [0.2, 0.25) is 0 Å². The van der Waals surface area contributed by atoms with Gasteiger partial charge in [0.2, 0.25) is 0 Å². The molecule has 49 heavy (non-hydrogen) atoms. The number of hydrogen-bond donors (Lipinski definition) is 0. The molecule has 0 aliphatic carbocycles. The van der Waals surface area contributed by atoms with Crippen LogP contribution in [0.25, 0.3) is 0 Å². The zero-order valence-corrected chi connectivity index (χ0v) is 20.8. The molecular formula is C17H2F32. The van der Waals surface area contributed by atoms with E-state index in [9.17, 15) is 140 Å². The van der Waals surface area contributed by atoms with Gasteiger partial charge in [0.1, 0.15) is 0 Å². The van der Waals surface area contributed by atoms with E-state index in [-0.39, 0.29) is 0 Å². The minimum absolute atomic E-state index is 1.06. The second kappa shape index (κ2) is 11.0. The van der Waals surface area contributed by atoms with Crippen molar-refractivity contribution in [3.8, 4) is 0 Å². The van der Waals surface area contributed by atoms with Crippen LogP contribution in [0.5, 0.6) is 0 Å². The topological polar surface area (TPSA) is 0 Å². The van der Waals surface area contributed by atoms with E-state index in [1.807, 2.05) is 0 Å². The minimum Gasteiger partial charge on any atom is -0.206 e. The van der Waals surface area contributed by atoms with Gasteiger partial charge in [0, 0.05) is 0 Å². The van der Waals surface area contributed by atoms with Gasteiger partial charge in [0.25, 0.3) is 0 Å². The molecule has 0 fully saturated rings. The van der Waals surface area contributed by atoms with Crippen molar-refractivity contribution in [1.82, 2.24) is 0 Å². The molecule has 0 N–H and O–H groups in total. The third-order valence-electron chi connectivity index (χ3n) is 5.82. The van der Waals surface area contributed by atoms with Crippen molar-refractivity contribution in [3.05, 3.63) is 12.4 Å². The average Bonchev–Trinajstić information content (AvgIpc) is 2.86. The summed E-state index contributed by atoms with van der Waals surface area (Å²) in [6.45, 7) is 1.06. The zero-order chi connectivity index (χ0) is 41.1. The summed E-state index contributed by atoms with van der Waals surface area (Å²) in [5, 5.41) is 0. The monoisotopic (exact) mass is 814 g/mol. The molecule has 0 rings (SSSR count). The minimum atomic E-state index is -10.1. The number of halogens is 32. The van der Waals surface area contributed by atoms with Crippen LogP contribution in [0.4, 0.5) is 140 Å². The van der Waals surface area contributed by atoms with Crippen LogP contribution in [-0.4, -0.2) is 89.1 Å². The second-order valence-corrected chi connectivity index (χ2v) is 8.94. The van der Waals surface area contributed by atoms with Gasteiger partial charge in [-0.2, -0.15) is 136 Å². The summed E-state index contributed by atoms with van der Waals surface area (Å²) in [7, 11) is 0. The average molecular weight is 814 g/mol. The third-order valence-corrected chi connectivity index (χ3v) is 5.82. The van der Waals surface area contributed by atoms with E-state index >= 15 is 0 Å². The SMILES string of the molecule is C=C(F)C(F)(F)C(F)(F)C(F)(F)C(F)(F)C(F)(F)C(F)(F)C(F)(F)C(F)(F)C(F)(F)C(F)(F)C(F)(F)C(F)(F)C(F)(F)C(F)(F)C(F)(F)F. The van der Waals surface area contributed by atoms with Gasteiger partial charge in [0.05, 0.1) is 0 Å². The fourth-order valence-corrected chi connectivity index (χ4v) is 2.71. The molecule has 0 saturated carbocycles. The van der Waals surface area contributed by atoms with Gasteiger partial charge in [-0.25, -0.2) is 4.39 Å². The Balaban J connectivity index is 7.68. The van der Waals surface area contributed by atoms with E-state index in [1.165, 1.54) is 0 Å². The van der Waals surface area contributed by atoms with Crippen LogP contribution in [0, 0.1) is 0 Å². The lowest BCUT2D eigenvalue weighted by Crippen LogP contribution is -2.79. The van der Waals surface area contributed by atoms with Crippen molar-refractivity contribution in [2.75, 3.05) is 0 Å².